The minimum Gasteiger partial charge on any atom is -0.423 e. The molecule has 3 aromatic carbocycles. The summed E-state index contributed by atoms with van der Waals surface area (Å²) in [7, 11) is 1.50. The van der Waals surface area contributed by atoms with Crippen LogP contribution in [0.5, 0.6) is 5.75 Å². The predicted octanol–water partition coefficient (Wildman–Crippen LogP) is 10.4. The Morgan fingerprint density at radius 2 is 1.00 bits per heavy atom. The predicted molar refractivity (Wildman–Crippen MR) is 155 cm³/mol. The molecule has 0 radical (unpaired) electrons. The van der Waals surface area contributed by atoms with E-state index in [0.717, 1.165) is 30.4 Å². The summed E-state index contributed by atoms with van der Waals surface area (Å²) in [5.41, 5.74) is 5.40. The van der Waals surface area contributed by atoms with E-state index in [1.54, 1.807) is 0 Å². The molecule has 0 aromatic heterocycles. The minimum atomic E-state index is -0.326. The smallest absolute Gasteiger partial charge is 0.343 e. The third kappa shape index (κ3) is 14.3. The van der Waals surface area contributed by atoms with E-state index in [9.17, 15) is 18.0 Å². The van der Waals surface area contributed by atoms with Crippen LogP contribution in [-0.4, -0.2) is 27.5 Å². The lowest BCUT2D eigenvalue weighted by Gasteiger charge is -2.07. The molecular weight excluding hydrogens is 461 g/mol. The molecule has 0 fully saturated rings. The van der Waals surface area contributed by atoms with Gasteiger partial charge in [-0.05, 0) is 59.4 Å². The maximum absolute atomic E-state index is 12.3. The molecule has 0 heterocycles. The van der Waals surface area contributed by atoms with Crippen molar-refractivity contribution in [2.24, 2.45) is 0 Å². The van der Waals surface area contributed by atoms with Crippen LogP contribution < -0.4 is 4.74 Å². The largest absolute Gasteiger partial charge is 0.423 e. The third-order valence-corrected chi connectivity index (χ3v) is 4.49. The Kier molecular flexibility index (Phi) is 31.7. The van der Waals surface area contributed by atoms with Gasteiger partial charge in [0.05, 0.1) is 27.1 Å². The average Bonchev–Trinajstić information content (AvgIpc) is 2.89. The monoisotopic (exact) mass is 510 g/mol. The van der Waals surface area contributed by atoms with Crippen molar-refractivity contribution < 1.29 is 22.7 Å². The fourth-order valence-electron chi connectivity index (χ4n) is 2.91. The van der Waals surface area contributed by atoms with Crippen molar-refractivity contribution in [2.75, 3.05) is 21.5 Å². The number of carbonyl (C=O) groups is 1. The van der Waals surface area contributed by atoms with Gasteiger partial charge < -0.3 is 4.74 Å². The highest BCUT2D eigenvalue weighted by molar-refractivity contribution is 5.91. The number of halogens is 3. The van der Waals surface area contributed by atoms with Gasteiger partial charge in [-0.3, -0.25) is 13.2 Å². The van der Waals surface area contributed by atoms with Crippen molar-refractivity contribution in [1.29, 1.82) is 0 Å². The fourth-order valence-corrected chi connectivity index (χ4v) is 2.91. The molecule has 0 aliphatic heterocycles. The number of aryl methyl sites for hydroxylation is 2. The molecular formula is C31H49F3O2. The van der Waals surface area contributed by atoms with Gasteiger partial charge in [-0.2, -0.15) is 0 Å². The first-order valence-corrected chi connectivity index (χ1v) is 10.3. The molecule has 2 nitrogen and oxygen atoms in total. The fraction of sp³-hybridized carbons (Fsp3) is 0.387. The Bertz CT molecular complexity index is 860. The molecule has 0 unspecified atom stereocenters. The number of benzene rings is 3. The summed E-state index contributed by atoms with van der Waals surface area (Å²) in [4.78, 5) is 12.3. The lowest BCUT2D eigenvalue weighted by atomic mass is 10.0. The summed E-state index contributed by atoms with van der Waals surface area (Å²) < 4.78 is 34.0. The molecule has 3 aromatic rings. The van der Waals surface area contributed by atoms with Crippen LogP contribution in [0.25, 0.3) is 11.1 Å². The van der Waals surface area contributed by atoms with E-state index in [1.165, 1.54) is 11.1 Å². The zero-order valence-corrected chi connectivity index (χ0v) is 19.5. The molecule has 0 bridgehead atoms. The van der Waals surface area contributed by atoms with Crippen LogP contribution in [0.15, 0.2) is 72.8 Å². The highest BCUT2D eigenvalue weighted by atomic mass is 19.1. The van der Waals surface area contributed by atoms with E-state index in [-0.39, 0.29) is 35.7 Å². The summed E-state index contributed by atoms with van der Waals surface area (Å²) in [5, 5.41) is 0. The molecule has 5 heteroatoms. The summed E-state index contributed by atoms with van der Waals surface area (Å²) in [5.74, 6) is 0.231. The maximum Gasteiger partial charge on any atom is 0.343 e. The minimum absolute atomic E-state index is 0. The van der Waals surface area contributed by atoms with Gasteiger partial charge in [-0.1, -0.05) is 98.5 Å². The molecule has 206 valence electrons. The maximum atomic E-state index is 12.3. The molecule has 0 spiro atoms. The van der Waals surface area contributed by atoms with Gasteiger partial charge in [0.15, 0.2) is 0 Å². The number of esters is 1. The summed E-state index contributed by atoms with van der Waals surface area (Å²) in [6.07, 6.45) is 3.15. The van der Waals surface area contributed by atoms with Crippen molar-refractivity contribution in [1.82, 2.24) is 0 Å². The topological polar surface area (TPSA) is 26.3 Å². The van der Waals surface area contributed by atoms with Crippen molar-refractivity contribution in [3.8, 4) is 16.9 Å². The number of hydrogen-bond donors (Lipinski definition) is 0. The Morgan fingerprint density at radius 1 is 0.611 bits per heavy atom. The SMILES string of the molecule is C.C.C.C.CCCc1ccc(C(=O)Oc2ccc(-c3ccc(CC)cc3)cc2)cc1.CF.CF.CF. The second kappa shape index (κ2) is 26.5. The zero-order chi connectivity index (χ0) is 24.4. The molecule has 0 aliphatic rings. The Labute approximate surface area is 219 Å². The van der Waals surface area contributed by atoms with E-state index >= 15 is 0 Å². The number of hydrogen-bond acceptors (Lipinski definition) is 2. The molecule has 36 heavy (non-hydrogen) atoms. The zero-order valence-electron chi connectivity index (χ0n) is 19.5. The highest BCUT2D eigenvalue weighted by Gasteiger charge is 2.09. The van der Waals surface area contributed by atoms with Gasteiger partial charge in [-0.25, -0.2) is 4.79 Å². The van der Waals surface area contributed by atoms with Gasteiger partial charge in [0.2, 0.25) is 0 Å². The summed E-state index contributed by atoms with van der Waals surface area (Å²) in [6, 6.07) is 23.8. The van der Waals surface area contributed by atoms with E-state index < -0.39 is 0 Å². The van der Waals surface area contributed by atoms with Crippen molar-refractivity contribution >= 4 is 5.97 Å². The third-order valence-electron chi connectivity index (χ3n) is 4.49. The summed E-state index contributed by atoms with van der Waals surface area (Å²) >= 11 is 0. The second-order valence-electron chi connectivity index (χ2n) is 6.41. The van der Waals surface area contributed by atoms with Crippen molar-refractivity contribution in [2.45, 2.75) is 62.8 Å². The van der Waals surface area contributed by atoms with Crippen LogP contribution >= 0.6 is 0 Å². The van der Waals surface area contributed by atoms with E-state index in [4.69, 9.17) is 4.74 Å². The lowest BCUT2D eigenvalue weighted by Crippen LogP contribution is -2.08. The second-order valence-corrected chi connectivity index (χ2v) is 6.41. The van der Waals surface area contributed by atoms with Crippen LogP contribution in [0.3, 0.4) is 0 Å². The van der Waals surface area contributed by atoms with Gasteiger partial charge in [0, 0.05) is 0 Å². The van der Waals surface area contributed by atoms with Crippen molar-refractivity contribution in [3.63, 3.8) is 0 Å². The highest BCUT2D eigenvalue weighted by Crippen LogP contribution is 2.23. The average molecular weight is 511 g/mol. The molecule has 0 amide bonds. The standard InChI is InChI=1S/C24H24O2.3CH3F.4CH4/c1-3-5-19-8-12-22(13-9-19)24(25)26-23-16-14-21(15-17-23)20-10-6-18(4-2)7-11-20;3*1-2;;;;/h6-17H,3-5H2,1-2H3;3*1H3;4*1H4. The molecule has 0 saturated heterocycles. The number of ether oxygens (including phenoxy) is 1. The number of carbonyl (C=O) groups excluding carboxylic acids is 1. The molecule has 0 saturated carbocycles. The van der Waals surface area contributed by atoms with Crippen LogP contribution in [-0.2, 0) is 12.8 Å². The number of rotatable bonds is 6. The van der Waals surface area contributed by atoms with E-state index in [2.05, 4.69) is 38.1 Å². The molecule has 3 rings (SSSR count). The van der Waals surface area contributed by atoms with Crippen LogP contribution in [0, 0.1) is 0 Å². The first-order valence-electron chi connectivity index (χ1n) is 10.3. The quantitative estimate of drug-likeness (QED) is 0.243. The Balaban J connectivity index is -0.000000298. The van der Waals surface area contributed by atoms with Crippen LogP contribution in [0.2, 0.25) is 0 Å². The van der Waals surface area contributed by atoms with Gasteiger partial charge in [-0.15, -0.1) is 0 Å². The van der Waals surface area contributed by atoms with Gasteiger partial charge in [0.1, 0.15) is 5.75 Å². The Morgan fingerprint density at radius 3 is 1.39 bits per heavy atom. The van der Waals surface area contributed by atoms with Gasteiger partial charge >= 0.3 is 5.97 Å². The first-order chi connectivity index (χ1) is 15.7. The van der Waals surface area contributed by atoms with E-state index in [1.807, 2.05) is 48.5 Å². The molecule has 0 N–H and O–H groups in total. The molecule has 0 atom stereocenters. The molecule has 0 aliphatic carbocycles. The van der Waals surface area contributed by atoms with Gasteiger partial charge in [0.25, 0.3) is 0 Å². The Hall–Kier alpha value is -3.08. The van der Waals surface area contributed by atoms with E-state index in [0.29, 0.717) is 32.8 Å². The van der Waals surface area contributed by atoms with Crippen LogP contribution in [0.4, 0.5) is 13.2 Å². The first kappa shape index (κ1) is 43.0. The lowest BCUT2D eigenvalue weighted by molar-refractivity contribution is 0.0734. The van der Waals surface area contributed by atoms with Crippen molar-refractivity contribution in [3.05, 3.63) is 89.5 Å². The summed E-state index contributed by atoms with van der Waals surface area (Å²) in [6.45, 7) is 4.29. The van der Waals surface area contributed by atoms with Crippen LogP contribution in [0.1, 0.15) is 71.5 Å². The normalized spacial score (nSPS) is 8.11. The number of alkyl halides is 3.